The van der Waals surface area contributed by atoms with Gasteiger partial charge in [-0.3, -0.25) is 0 Å². The Hall–Kier alpha value is -2.16. The molecule has 0 atom stereocenters. The number of benzene rings is 2. The summed E-state index contributed by atoms with van der Waals surface area (Å²) < 4.78 is 51.4. The Bertz CT molecular complexity index is 879. The number of nitrogens with zero attached hydrogens (tertiary/aromatic N) is 1. The molecule has 3 rings (SSSR count). The molecule has 0 spiro atoms. The quantitative estimate of drug-likeness (QED) is 0.813. The van der Waals surface area contributed by atoms with Crippen molar-refractivity contribution < 1.29 is 22.3 Å². The van der Waals surface area contributed by atoms with Crippen molar-refractivity contribution in [3.05, 3.63) is 48.3 Å². The first-order chi connectivity index (χ1) is 12.9. The second-order valence-electron chi connectivity index (χ2n) is 6.53. The molecule has 1 aliphatic rings. The van der Waals surface area contributed by atoms with Gasteiger partial charge in [0, 0.05) is 19.1 Å². The standard InChI is InChI=1S/C19H23FN2O4S/c1-14(2)21-18-13-17(27(23,24)22-9-11-25-12-10-22)7-8-19(18)26-16-5-3-15(20)4-6-16/h3-8,13-14,21H,9-12H2,1-2H3. The molecule has 1 N–H and O–H groups in total. The van der Waals surface area contributed by atoms with Crippen LogP contribution in [0.3, 0.4) is 0 Å². The first-order valence-corrected chi connectivity index (χ1v) is 10.2. The van der Waals surface area contributed by atoms with E-state index < -0.39 is 10.0 Å². The van der Waals surface area contributed by atoms with Crippen molar-refractivity contribution in [3.63, 3.8) is 0 Å². The molecule has 1 fully saturated rings. The summed E-state index contributed by atoms with van der Waals surface area (Å²) >= 11 is 0. The summed E-state index contributed by atoms with van der Waals surface area (Å²) in [6.07, 6.45) is 0. The van der Waals surface area contributed by atoms with Gasteiger partial charge in [0.2, 0.25) is 10.0 Å². The van der Waals surface area contributed by atoms with Gasteiger partial charge in [0.05, 0.1) is 23.8 Å². The van der Waals surface area contributed by atoms with E-state index in [2.05, 4.69) is 5.32 Å². The molecule has 0 bridgehead atoms. The van der Waals surface area contributed by atoms with E-state index in [9.17, 15) is 12.8 Å². The van der Waals surface area contributed by atoms with Crippen molar-refractivity contribution in [2.24, 2.45) is 0 Å². The molecular weight excluding hydrogens is 371 g/mol. The molecule has 0 aliphatic carbocycles. The lowest BCUT2D eigenvalue weighted by molar-refractivity contribution is 0.0730. The van der Waals surface area contributed by atoms with Crippen molar-refractivity contribution in [1.82, 2.24) is 4.31 Å². The average molecular weight is 394 g/mol. The van der Waals surface area contributed by atoms with Crippen LogP contribution in [0.15, 0.2) is 47.4 Å². The predicted octanol–water partition coefficient (Wildman–Crippen LogP) is 3.46. The van der Waals surface area contributed by atoms with Crippen LogP contribution in [0.1, 0.15) is 13.8 Å². The molecule has 2 aromatic carbocycles. The first-order valence-electron chi connectivity index (χ1n) is 8.78. The van der Waals surface area contributed by atoms with Gasteiger partial charge in [0.25, 0.3) is 0 Å². The van der Waals surface area contributed by atoms with Crippen molar-refractivity contribution in [3.8, 4) is 11.5 Å². The van der Waals surface area contributed by atoms with Crippen LogP contribution in [0.25, 0.3) is 0 Å². The van der Waals surface area contributed by atoms with Crippen LogP contribution in [0, 0.1) is 5.82 Å². The van der Waals surface area contributed by atoms with E-state index in [0.29, 0.717) is 43.5 Å². The maximum absolute atomic E-state index is 13.1. The van der Waals surface area contributed by atoms with Crippen LogP contribution in [0.2, 0.25) is 0 Å². The topological polar surface area (TPSA) is 67.9 Å². The van der Waals surface area contributed by atoms with Gasteiger partial charge in [-0.15, -0.1) is 0 Å². The molecular formula is C19H23FN2O4S. The highest BCUT2D eigenvalue weighted by Crippen LogP contribution is 2.33. The Morgan fingerprint density at radius 3 is 2.41 bits per heavy atom. The Labute approximate surface area is 159 Å². The Kier molecular flexibility index (Phi) is 5.98. The predicted molar refractivity (Wildman–Crippen MR) is 101 cm³/mol. The number of sulfonamides is 1. The Morgan fingerprint density at radius 1 is 1.11 bits per heavy atom. The fourth-order valence-corrected chi connectivity index (χ4v) is 4.18. The zero-order valence-corrected chi connectivity index (χ0v) is 16.1. The lowest BCUT2D eigenvalue weighted by Crippen LogP contribution is -2.40. The lowest BCUT2D eigenvalue weighted by atomic mass is 10.2. The normalized spacial score (nSPS) is 15.7. The molecule has 0 unspecified atom stereocenters. The van der Waals surface area contributed by atoms with Crippen LogP contribution in [0.5, 0.6) is 11.5 Å². The van der Waals surface area contributed by atoms with E-state index in [1.165, 1.54) is 34.6 Å². The minimum absolute atomic E-state index is 0.0712. The molecule has 1 heterocycles. The largest absolute Gasteiger partial charge is 0.455 e. The molecule has 0 aromatic heterocycles. The fraction of sp³-hybridized carbons (Fsp3) is 0.368. The number of rotatable bonds is 6. The van der Waals surface area contributed by atoms with E-state index >= 15 is 0 Å². The molecule has 6 nitrogen and oxygen atoms in total. The molecule has 146 valence electrons. The van der Waals surface area contributed by atoms with Crippen molar-refractivity contribution in [2.45, 2.75) is 24.8 Å². The second-order valence-corrected chi connectivity index (χ2v) is 8.47. The second kappa shape index (κ2) is 8.24. The smallest absolute Gasteiger partial charge is 0.243 e. The summed E-state index contributed by atoms with van der Waals surface area (Å²) in [6.45, 7) is 5.35. The van der Waals surface area contributed by atoms with Gasteiger partial charge in [0.15, 0.2) is 5.75 Å². The van der Waals surface area contributed by atoms with Crippen LogP contribution < -0.4 is 10.1 Å². The molecule has 8 heteroatoms. The molecule has 2 aromatic rings. The number of ether oxygens (including phenoxy) is 2. The maximum Gasteiger partial charge on any atom is 0.243 e. The highest BCUT2D eigenvalue weighted by Gasteiger charge is 2.27. The summed E-state index contributed by atoms with van der Waals surface area (Å²) in [5.74, 6) is 0.582. The first kappa shape index (κ1) is 19.6. The maximum atomic E-state index is 13.1. The van der Waals surface area contributed by atoms with E-state index in [1.54, 1.807) is 12.1 Å². The van der Waals surface area contributed by atoms with Gasteiger partial charge < -0.3 is 14.8 Å². The van der Waals surface area contributed by atoms with Crippen LogP contribution in [-0.4, -0.2) is 45.1 Å². The third kappa shape index (κ3) is 4.77. The van der Waals surface area contributed by atoms with Gasteiger partial charge in [-0.1, -0.05) is 0 Å². The zero-order valence-electron chi connectivity index (χ0n) is 15.3. The average Bonchev–Trinajstić information content (AvgIpc) is 2.65. The highest BCUT2D eigenvalue weighted by atomic mass is 32.2. The number of hydrogen-bond acceptors (Lipinski definition) is 5. The number of morpholine rings is 1. The molecule has 0 amide bonds. The van der Waals surface area contributed by atoms with Crippen molar-refractivity contribution in [1.29, 1.82) is 0 Å². The number of hydrogen-bond donors (Lipinski definition) is 1. The summed E-state index contributed by atoms with van der Waals surface area (Å²) in [6, 6.07) is 10.4. The van der Waals surface area contributed by atoms with Gasteiger partial charge in [0.1, 0.15) is 11.6 Å². The van der Waals surface area contributed by atoms with Crippen molar-refractivity contribution >= 4 is 15.7 Å². The molecule has 0 saturated carbocycles. The minimum Gasteiger partial charge on any atom is -0.455 e. The number of anilines is 1. The number of nitrogens with one attached hydrogen (secondary N) is 1. The molecule has 0 radical (unpaired) electrons. The highest BCUT2D eigenvalue weighted by molar-refractivity contribution is 7.89. The van der Waals surface area contributed by atoms with E-state index in [1.807, 2.05) is 13.8 Å². The van der Waals surface area contributed by atoms with Gasteiger partial charge in [-0.05, 0) is 56.3 Å². The Morgan fingerprint density at radius 2 is 1.78 bits per heavy atom. The van der Waals surface area contributed by atoms with Crippen molar-refractivity contribution in [2.75, 3.05) is 31.6 Å². The Balaban J connectivity index is 1.92. The number of halogens is 1. The van der Waals surface area contributed by atoms with E-state index in [4.69, 9.17) is 9.47 Å². The van der Waals surface area contributed by atoms with Crippen LogP contribution >= 0.6 is 0 Å². The summed E-state index contributed by atoms with van der Waals surface area (Å²) in [5, 5.41) is 3.21. The summed E-state index contributed by atoms with van der Waals surface area (Å²) in [5.41, 5.74) is 0.559. The summed E-state index contributed by atoms with van der Waals surface area (Å²) in [7, 11) is -3.61. The molecule has 27 heavy (non-hydrogen) atoms. The molecule has 1 saturated heterocycles. The SMILES string of the molecule is CC(C)Nc1cc(S(=O)(=O)N2CCOCC2)ccc1Oc1ccc(F)cc1. The van der Waals surface area contributed by atoms with Crippen LogP contribution in [0.4, 0.5) is 10.1 Å². The minimum atomic E-state index is -3.61. The molecule has 1 aliphatic heterocycles. The monoisotopic (exact) mass is 394 g/mol. The summed E-state index contributed by atoms with van der Waals surface area (Å²) in [4.78, 5) is 0.194. The van der Waals surface area contributed by atoms with E-state index in [0.717, 1.165) is 0 Å². The lowest BCUT2D eigenvalue weighted by Gasteiger charge is -2.26. The van der Waals surface area contributed by atoms with Crippen LogP contribution in [-0.2, 0) is 14.8 Å². The third-order valence-corrected chi connectivity index (χ3v) is 5.94. The zero-order chi connectivity index (χ0) is 19.4. The van der Waals surface area contributed by atoms with E-state index in [-0.39, 0.29) is 16.8 Å². The van der Waals surface area contributed by atoms with Gasteiger partial charge in [-0.25, -0.2) is 12.8 Å². The van der Waals surface area contributed by atoms with Gasteiger partial charge in [-0.2, -0.15) is 4.31 Å². The fourth-order valence-electron chi connectivity index (χ4n) is 2.75. The third-order valence-electron chi connectivity index (χ3n) is 4.04. The van der Waals surface area contributed by atoms with Gasteiger partial charge >= 0.3 is 0 Å².